The predicted octanol–water partition coefficient (Wildman–Crippen LogP) is 3.19. The highest BCUT2D eigenvalue weighted by Gasteiger charge is 2.40. The fourth-order valence-corrected chi connectivity index (χ4v) is 4.80. The summed E-state index contributed by atoms with van der Waals surface area (Å²) in [4.78, 5) is 26.5. The minimum absolute atomic E-state index is 0.0508. The fourth-order valence-electron chi connectivity index (χ4n) is 3.89. The molecule has 1 saturated carbocycles. The Morgan fingerprint density at radius 2 is 2.00 bits per heavy atom. The molecule has 0 unspecified atom stereocenters. The minimum Gasteiger partial charge on any atom is -0.383 e. The van der Waals surface area contributed by atoms with Crippen LogP contribution in [0.3, 0.4) is 0 Å². The lowest BCUT2D eigenvalue weighted by Gasteiger charge is -2.35. The first-order valence-electron chi connectivity index (χ1n) is 9.67. The van der Waals surface area contributed by atoms with Gasteiger partial charge >= 0.3 is 0 Å². The number of nitrogens with one attached hydrogen (secondary N) is 2. The molecule has 0 spiro atoms. The first kappa shape index (κ1) is 18.9. The van der Waals surface area contributed by atoms with Gasteiger partial charge in [-0.15, -0.1) is 11.3 Å². The molecule has 4 rings (SSSR count). The molecular weight excluding hydrogens is 376 g/mol. The molecule has 8 heteroatoms. The number of thiophene rings is 1. The van der Waals surface area contributed by atoms with Crippen LogP contribution >= 0.6 is 11.3 Å². The third kappa shape index (κ3) is 4.34. The van der Waals surface area contributed by atoms with E-state index in [1.807, 2.05) is 11.3 Å². The zero-order valence-corrected chi connectivity index (χ0v) is 16.4. The summed E-state index contributed by atoms with van der Waals surface area (Å²) in [6.07, 6.45) is 3.56. The van der Waals surface area contributed by atoms with E-state index in [0.29, 0.717) is 31.6 Å². The van der Waals surface area contributed by atoms with Crippen LogP contribution in [0.25, 0.3) is 0 Å². The highest BCUT2D eigenvalue weighted by molar-refractivity contribution is 7.10. The second-order valence-corrected chi connectivity index (χ2v) is 8.38. The molecule has 7 nitrogen and oxygen atoms in total. The molecule has 1 aromatic carbocycles. The Kier molecular flexibility index (Phi) is 5.59. The number of carbonyl (C=O) groups is 1. The molecule has 2 aromatic rings. The summed E-state index contributed by atoms with van der Waals surface area (Å²) in [5.41, 5.74) is 2.31. The van der Waals surface area contributed by atoms with Crippen molar-refractivity contribution >= 4 is 28.6 Å². The van der Waals surface area contributed by atoms with E-state index in [1.165, 1.54) is 35.4 Å². The molecule has 1 fully saturated rings. The molecule has 28 heavy (non-hydrogen) atoms. The van der Waals surface area contributed by atoms with Crippen LogP contribution in [0.2, 0.25) is 0 Å². The van der Waals surface area contributed by atoms with Crippen molar-refractivity contribution in [2.24, 2.45) is 5.92 Å². The van der Waals surface area contributed by atoms with E-state index in [1.54, 1.807) is 12.1 Å². The van der Waals surface area contributed by atoms with Crippen LogP contribution < -0.4 is 10.6 Å². The fraction of sp³-hybridized carbons (Fsp3) is 0.450. The number of nitro benzene ring substituents is 1. The summed E-state index contributed by atoms with van der Waals surface area (Å²) in [6.45, 7) is 2.48. The van der Waals surface area contributed by atoms with E-state index in [4.69, 9.17) is 0 Å². The largest absolute Gasteiger partial charge is 0.383 e. The van der Waals surface area contributed by atoms with Gasteiger partial charge in [-0.05, 0) is 54.3 Å². The summed E-state index contributed by atoms with van der Waals surface area (Å²) in [5, 5.41) is 19.0. The minimum atomic E-state index is -0.418. The van der Waals surface area contributed by atoms with E-state index in [0.717, 1.165) is 18.7 Å². The lowest BCUT2D eigenvalue weighted by molar-refractivity contribution is -0.384. The molecule has 0 saturated heterocycles. The second kappa shape index (κ2) is 8.28. The summed E-state index contributed by atoms with van der Waals surface area (Å²) < 4.78 is 0. The number of amides is 1. The van der Waals surface area contributed by atoms with Crippen molar-refractivity contribution in [1.82, 2.24) is 10.2 Å². The lowest BCUT2D eigenvalue weighted by atomic mass is 9.96. The number of non-ortho nitro benzene ring substituents is 1. The molecule has 2 heterocycles. The van der Waals surface area contributed by atoms with E-state index < -0.39 is 4.92 Å². The first-order chi connectivity index (χ1) is 13.6. The van der Waals surface area contributed by atoms with Crippen LogP contribution in [0.1, 0.15) is 29.3 Å². The number of rotatable bonds is 8. The Morgan fingerprint density at radius 1 is 1.21 bits per heavy atom. The average Bonchev–Trinajstić information content (AvgIpc) is 3.41. The molecule has 1 aliphatic heterocycles. The molecular formula is C20H24N4O3S. The van der Waals surface area contributed by atoms with Crippen LogP contribution in [0.4, 0.5) is 11.4 Å². The topological polar surface area (TPSA) is 87.5 Å². The number of carbonyl (C=O) groups excluding carboxylic acids is 1. The normalized spacial score (nSPS) is 19.1. The third-order valence-corrected chi connectivity index (χ3v) is 6.38. The quantitative estimate of drug-likeness (QED) is 0.404. The standard InChI is InChI=1S/C20H24N4O3S/c25-19(22-10-9-21-15-3-5-16(6-4-15)24(26)27)13-23-11-7-18-17(8-12-28-18)20(23)14-1-2-14/h3-6,8,12,14,20-21H,1-2,7,9-11,13H2,(H,22,25)/t20-/m0/s1. The van der Waals surface area contributed by atoms with Gasteiger partial charge in [-0.1, -0.05) is 0 Å². The van der Waals surface area contributed by atoms with Crippen molar-refractivity contribution < 1.29 is 9.72 Å². The number of nitrogens with zero attached hydrogens (tertiary/aromatic N) is 2. The van der Waals surface area contributed by atoms with Gasteiger partial charge < -0.3 is 10.6 Å². The van der Waals surface area contributed by atoms with Gasteiger partial charge in [0.25, 0.3) is 5.69 Å². The Bertz CT molecular complexity index is 847. The van der Waals surface area contributed by atoms with Crippen molar-refractivity contribution in [2.75, 3.05) is 31.5 Å². The van der Waals surface area contributed by atoms with E-state index in [9.17, 15) is 14.9 Å². The number of hydrogen-bond donors (Lipinski definition) is 2. The molecule has 2 aliphatic rings. The lowest BCUT2D eigenvalue weighted by Crippen LogP contribution is -2.43. The Labute approximate surface area is 167 Å². The molecule has 0 radical (unpaired) electrons. The molecule has 2 N–H and O–H groups in total. The van der Waals surface area contributed by atoms with Crippen molar-refractivity contribution in [1.29, 1.82) is 0 Å². The second-order valence-electron chi connectivity index (χ2n) is 7.38. The van der Waals surface area contributed by atoms with Crippen LogP contribution in [-0.4, -0.2) is 41.9 Å². The van der Waals surface area contributed by atoms with Crippen molar-refractivity contribution in [3.63, 3.8) is 0 Å². The average molecular weight is 401 g/mol. The summed E-state index contributed by atoms with van der Waals surface area (Å²) >= 11 is 1.84. The van der Waals surface area contributed by atoms with Gasteiger partial charge in [0.1, 0.15) is 0 Å². The zero-order valence-electron chi connectivity index (χ0n) is 15.6. The monoisotopic (exact) mass is 400 g/mol. The van der Waals surface area contributed by atoms with Crippen molar-refractivity contribution in [3.8, 4) is 0 Å². The van der Waals surface area contributed by atoms with Gasteiger partial charge in [0.2, 0.25) is 5.91 Å². The SMILES string of the molecule is O=C(CN1CCc2sccc2[C@@H]1C1CC1)NCCNc1ccc([N+](=O)[O-])cc1. The number of hydrogen-bond acceptors (Lipinski definition) is 6. The Hall–Kier alpha value is -2.45. The summed E-state index contributed by atoms with van der Waals surface area (Å²) in [6, 6.07) is 8.92. The van der Waals surface area contributed by atoms with Gasteiger partial charge in [0.15, 0.2) is 0 Å². The maximum absolute atomic E-state index is 12.4. The number of benzene rings is 1. The van der Waals surface area contributed by atoms with Gasteiger partial charge in [-0.2, -0.15) is 0 Å². The first-order valence-corrected chi connectivity index (χ1v) is 10.5. The van der Waals surface area contributed by atoms with Gasteiger partial charge in [-0.25, -0.2) is 0 Å². The third-order valence-electron chi connectivity index (χ3n) is 5.39. The zero-order chi connectivity index (χ0) is 19.5. The molecule has 0 bridgehead atoms. The molecule has 1 aromatic heterocycles. The maximum atomic E-state index is 12.4. The Morgan fingerprint density at radius 3 is 2.71 bits per heavy atom. The molecule has 1 atom stereocenters. The smallest absolute Gasteiger partial charge is 0.269 e. The van der Waals surface area contributed by atoms with Crippen molar-refractivity contribution in [3.05, 3.63) is 56.3 Å². The number of nitro groups is 1. The van der Waals surface area contributed by atoms with Crippen LogP contribution in [0.5, 0.6) is 0 Å². The summed E-state index contributed by atoms with van der Waals surface area (Å²) in [7, 11) is 0. The van der Waals surface area contributed by atoms with E-state index in [-0.39, 0.29) is 11.6 Å². The molecule has 148 valence electrons. The molecule has 1 amide bonds. The molecule has 1 aliphatic carbocycles. The van der Waals surface area contributed by atoms with Gasteiger partial charge in [0, 0.05) is 48.4 Å². The van der Waals surface area contributed by atoms with Crippen LogP contribution in [-0.2, 0) is 11.2 Å². The highest BCUT2D eigenvalue weighted by Crippen LogP contribution is 2.48. The number of anilines is 1. The van der Waals surface area contributed by atoms with E-state index in [2.05, 4.69) is 27.0 Å². The van der Waals surface area contributed by atoms with Crippen molar-refractivity contribution in [2.45, 2.75) is 25.3 Å². The maximum Gasteiger partial charge on any atom is 0.269 e. The van der Waals surface area contributed by atoms with Crippen LogP contribution in [0.15, 0.2) is 35.7 Å². The Balaban J connectivity index is 1.23. The summed E-state index contributed by atoms with van der Waals surface area (Å²) in [5.74, 6) is 0.750. The van der Waals surface area contributed by atoms with Crippen LogP contribution in [0, 0.1) is 16.0 Å². The van der Waals surface area contributed by atoms with E-state index >= 15 is 0 Å². The van der Waals surface area contributed by atoms with Gasteiger partial charge in [-0.3, -0.25) is 19.8 Å². The van der Waals surface area contributed by atoms with Gasteiger partial charge in [0.05, 0.1) is 11.5 Å². The highest BCUT2D eigenvalue weighted by atomic mass is 32.1. The predicted molar refractivity (Wildman–Crippen MR) is 110 cm³/mol. The number of fused-ring (bicyclic) bond motifs is 1.